The lowest BCUT2D eigenvalue weighted by Crippen LogP contribution is -2.45. The SMILES string of the molecule is CC(=O)NC1(c2noc(CCC(=O)Nc3ccnn3Cc3ccccc3)n2)CCCCCC1. The number of nitrogens with one attached hydrogen (secondary N) is 2. The lowest BCUT2D eigenvalue weighted by atomic mass is 9.89. The Bertz CT molecular complexity index is 1070. The van der Waals surface area contributed by atoms with Crippen molar-refractivity contribution in [1.29, 1.82) is 0 Å². The Morgan fingerprint density at radius 2 is 1.85 bits per heavy atom. The molecule has 0 radical (unpaired) electrons. The summed E-state index contributed by atoms with van der Waals surface area (Å²) in [6.07, 6.45) is 8.03. The van der Waals surface area contributed by atoms with Crippen LogP contribution in [0.4, 0.5) is 5.82 Å². The molecule has 0 atom stereocenters. The van der Waals surface area contributed by atoms with Gasteiger partial charge in [0, 0.05) is 25.8 Å². The van der Waals surface area contributed by atoms with Crippen LogP contribution in [-0.2, 0) is 28.1 Å². The molecule has 174 valence electrons. The molecule has 33 heavy (non-hydrogen) atoms. The fraction of sp³-hybridized carbons (Fsp3) is 0.458. The van der Waals surface area contributed by atoms with Gasteiger partial charge in [0.05, 0.1) is 12.7 Å². The van der Waals surface area contributed by atoms with Crippen molar-refractivity contribution in [2.75, 3.05) is 5.32 Å². The highest BCUT2D eigenvalue weighted by atomic mass is 16.5. The molecule has 0 unspecified atom stereocenters. The molecule has 3 aromatic rings. The van der Waals surface area contributed by atoms with E-state index in [1.165, 1.54) is 6.92 Å². The van der Waals surface area contributed by atoms with Crippen molar-refractivity contribution < 1.29 is 14.1 Å². The average molecular weight is 451 g/mol. The highest BCUT2D eigenvalue weighted by molar-refractivity contribution is 5.89. The molecule has 2 aromatic heterocycles. The Hall–Kier alpha value is -3.49. The zero-order valence-corrected chi connectivity index (χ0v) is 18.9. The number of amides is 2. The Kier molecular flexibility index (Phi) is 7.16. The van der Waals surface area contributed by atoms with E-state index in [-0.39, 0.29) is 18.2 Å². The normalized spacial score (nSPS) is 15.5. The first kappa shape index (κ1) is 22.7. The largest absolute Gasteiger partial charge is 0.343 e. The van der Waals surface area contributed by atoms with E-state index in [4.69, 9.17) is 4.52 Å². The van der Waals surface area contributed by atoms with Gasteiger partial charge in [-0.2, -0.15) is 10.1 Å². The predicted octanol–water partition coefficient (Wildman–Crippen LogP) is 3.57. The van der Waals surface area contributed by atoms with E-state index >= 15 is 0 Å². The molecule has 1 aromatic carbocycles. The number of benzene rings is 1. The van der Waals surface area contributed by atoms with E-state index in [1.807, 2.05) is 30.3 Å². The summed E-state index contributed by atoms with van der Waals surface area (Å²) in [6, 6.07) is 11.7. The van der Waals surface area contributed by atoms with Crippen LogP contribution < -0.4 is 10.6 Å². The molecule has 1 aliphatic carbocycles. The van der Waals surface area contributed by atoms with E-state index in [0.717, 1.165) is 44.1 Å². The Balaban J connectivity index is 1.36. The van der Waals surface area contributed by atoms with Gasteiger partial charge >= 0.3 is 0 Å². The van der Waals surface area contributed by atoms with Crippen LogP contribution in [0, 0.1) is 0 Å². The number of carbonyl (C=O) groups is 2. The molecular weight excluding hydrogens is 420 g/mol. The summed E-state index contributed by atoms with van der Waals surface area (Å²) >= 11 is 0. The topological polar surface area (TPSA) is 115 Å². The van der Waals surface area contributed by atoms with Crippen LogP contribution in [-0.4, -0.2) is 31.7 Å². The first-order valence-corrected chi connectivity index (χ1v) is 11.5. The van der Waals surface area contributed by atoms with Gasteiger partial charge in [0.1, 0.15) is 11.4 Å². The summed E-state index contributed by atoms with van der Waals surface area (Å²) in [5.41, 5.74) is 0.512. The Labute approximate surface area is 192 Å². The number of nitrogens with zero attached hydrogens (tertiary/aromatic N) is 4. The first-order chi connectivity index (χ1) is 16.0. The smallest absolute Gasteiger partial charge is 0.227 e. The fourth-order valence-electron chi connectivity index (χ4n) is 4.37. The van der Waals surface area contributed by atoms with Crippen LogP contribution in [0.2, 0.25) is 0 Å². The van der Waals surface area contributed by atoms with Gasteiger partial charge in [0.2, 0.25) is 17.7 Å². The van der Waals surface area contributed by atoms with Gasteiger partial charge < -0.3 is 15.2 Å². The van der Waals surface area contributed by atoms with Crippen molar-refractivity contribution in [2.24, 2.45) is 0 Å². The molecule has 0 aliphatic heterocycles. The maximum Gasteiger partial charge on any atom is 0.227 e. The number of aromatic nitrogens is 4. The third-order valence-electron chi connectivity index (χ3n) is 5.99. The van der Waals surface area contributed by atoms with Crippen LogP contribution >= 0.6 is 0 Å². The number of aryl methyl sites for hydroxylation is 1. The highest BCUT2D eigenvalue weighted by Crippen LogP contribution is 2.34. The van der Waals surface area contributed by atoms with Crippen LogP contribution in [0.15, 0.2) is 47.1 Å². The van der Waals surface area contributed by atoms with E-state index in [2.05, 4.69) is 25.9 Å². The molecule has 1 aliphatic rings. The number of hydrogen-bond acceptors (Lipinski definition) is 6. The lowest BCUT2D eigenvalue weighted by Gasteiger charge is -2.30. The third-order valence-corrected chi connectivity index (χ3v) is 5.99. The fourth-order valence-corrected chi connectivity index (χ4v) is 4.37. The second-order valence-electron chi connectivity index (χ2n) is 8.60. The van der Waals surface area contributed by atoms with Crippen LogP contribution in [0.3, 0.4) is 0 Å². The summed E-state index contributed by atoms with van der Waals surface area (Å²) in [6.45, 7) is 2.09. The molecule has 2 N–H and O–H groups in total. The Morgan fingerprint density at radius 1 is 1.09 bits per heavy atom. The standard InChI is InChI=1S/C24H30N6O3/c1-18(31)28-24(14-7-2-3-8-15-24)23-27-22(33-29-23)12-11-21(32)26-20-13-16-25-30(20)17-19-9-5-4-6-10-19/h4-6,9-10,13,16H,2-3,7-8,11-12,14-15,17H2,1H3,(H,26,32)(H,28,31). The van der Waals surface area contributed by atoms with Crippen molar-refractivity contribution >= 4 is 17.6 Å². The molecule has 9 nitrogen and oxygen atoms in total. The van der Waals surface area contributed by atoms with Crippen LogP contribution in [0.1, 0.15) is 69.1 Å². The molecule has 2 heterocycles. The van der Waals surface area contributed by atoms with Gasteiger partial charge in [-0.05, 0) is 18.4 Å². The predicted molar refractivity (Wildman–Crippen MR) is 122 cm³/mol. The number of carbonyl (C=O) groups excluding carboxylic acids is 2. The zero-order valence-electron chi connectivity index (χ0n) is 18.9. The first-order valence-electron chi connectivity index (χ1n) is 11.5. The average Bonchev–Trinajstić information content (AvgIpc) is 3.38. The highest BCUT2D eigenvalue weighted by Gasteiger charge is 2.38. The summed E-state index contributed by atoms with van der Waals surface area (Å²) in [4.78, 5) is 29.0. The summed E-state index contributed by atoms with van der Waals surface area (Å²) in [7, 11) is 0. The van der Waals surface area contributed by atoms with Crippen molar-refractivity contribution in [2.45, 2.75) is 70.4 Å². The summed E-state index contributed by atoms with van der Waals surface area (Å²) < 4.78 is 7.19. The van der Waals surface area contributed by atoms with Crippen LogP contribution in [0.25, 0.3) is 0 Å². The quantitative estimate of drug-likeness (QED) is 0.507. The lowest BCUT2D eigenvalue weighted by molar-refractivity contribution is -0.121. The van der Waals surface area contributed by atoms with Gasteiger partial charge in [-0.15, -0.1) is 0 Å². The number of anilines is 1. The molecule has 9 heteroatoms. The van der Waals surface area contributed by atoms with Crippen molar-refractivity contribution in [3.8, 4) is 0 Å². The summed E-state index contributed by atoms with van der Waals surface area (Å²) in [5.74, 6) is 1.28. The minimum Gasteiger partial charge on any atom is -0.343 e. The summed E-state index contributed by atoms with van der Waals surface area (Å²) in [5, 5.41) is 14.5. The molecule has 4 rings (SSSR count). The van der Waals surface area contributed by atoms with E-state index in [1.54, 1.807) is 16.9 Å². The van der Waals surface area contributed by atoms with Gasteiger partial charge in [-0.3, -0.25) is 9.59 Å². The second-order valence-corrected chi connectivity index (χ2v) is 8.60. The molecular formula is C24H30N6O3. The van der Waals surface area contributed by atoms with Crippen molar-refractivity contribution in [3.63, 3.8) is 0 Å². The van der Waals surface area contributed by atoms with Gasteiger partial charge in [-0.25, -0.2) is 4.68 Å². The van der Waals surface area contributed by atoms with Gasteiger partial charge in [0.15, 0.2) is 5.82 Å². The number of rotatable bonds is 8. The molecule has 1 saturated carbocycles. The van der Waals surface area contributed by atoms with E-state index < -0.39 is 5.54 Å². The third kappa shape index (κ3) is 5.85. The molecule has 0 bridgehead atoms. The molecule has 0 saturated heterocycles. The van der Waals surface area contributed by atoms with E-state index in [0.29, 0.717) is 30.5 Å². The van der Waals surface area contributed by atoms with Crippen molar-refractivity contribution in [1.82, 2.24) is 25.2 Å². The monoisotopic (exact) mass is 450 g/mol. The van der Waals surface area contributed by atoms with E-state index in [9.17, 15) is 9.59 Å². The van der Waals surface area contributed by atoms with Crippen LogP contribution in [0.5, 0.6) is 0 Å². The molecule has 2 amide bonds. The number of hydrogen-bond donors (Lipinski definition) is 2. The minimum atomic E-state index is -0.587. The maximum atomic E-state index is 12.6. The Morgan fingerprint density at radius 3 is 2.58 bits per heavy atom. The molecule has 0 spiro atoms. The second kappa shape index (κ2) is 10.4. The van der Waals surface area contributed by atoms with Crippen molar-refractivity contribution in [3.05, 3.63) is 59.9 Å². The van der Waals surface area contributed by atoms with Gasteiger partial charge in [-0.1, -0.05) is 61.2 Å². The molecule has 1 fully saturated rings. The zero-order chi connectivity index (χ0) is 23.1. The maximum absolute atomic E-state index is 12.6. The minimum absolute atomic E-state index is 0.102. The van der Waals surface area contributed by atoms with Gasteiger partial charge in [0.25, 0.3) is 0 Å².